The molecule has 174 valence electrons. The smallest absolute Gasteiger partial charge is 0.222 e. The van der Waals surface area contributed by atoms with Crippen molar-refractivity contribution >= 4 is 41.5 Å². The average molecular weight is 554 g/mol. The van der Waals surface area contributed by atoms with E-state index in [1.54, 1.807) is 6.26 Å². The lowest BCUT2D eigenvalue weighted by Gasteiger charge is -2.16. The van der Waals surface area contributed by atoms with E-state index in [4.69, 9.17) is 18.9 Å². The highest BCUT2D eigenvalue weighted by Gasteiger charge is 2.19. The van der Waals surface area contributed by atoms with E-state index in [0.29, 0.717) is 38.7 Å². The number of fused-ring (bicyclic) bond motifs is 1. The third kappa shape index (κ3) is 7.04. The van der Waals surface area contributed by atoms with Crippen LogP contribution in [0, 0.1) is 0 Å². The van der Waals surface area contributed by atoms with Gasteiger partial charge in [0.25, 0.3) is 0 Å². The Morgan fingerprint density at radius 3 is 2.78 bits per heavy atom. The molecular formula is C23H31IN4O4. The molecule has 1 aromatic heterocycles. The van der Waals surface area contributed by atoms with Crippen LogP contribution in [0.15, 0.2) is 46.0 Å². The molecule has 0 atom stereocenters. The molecule has 3 heterocycles. The Labute approximate surface area is 205 Å². The van der Waals surface area contributed by atoms with Crippen LogP contribution in [0.4, 0.5) is 5.69 Å². The first kappa shape index (κ1) is 24.2. The van der Waals surface area contributed by atoms with Crippen molar-refractivity contribution in [1.29, 1.82) is 0 Å². The maximum Gasteiger partial charge on any atom is 0.222 e. The van der Waals surface area contributed by atoms with Gasteiger partial charge in [-0.15, -0.1) is 24.0 Å². The molecule has 2 aliphatic rings. The fraction of sp³-hybridized carbons (Fsp3) is 0.478. The minimum atomic E-state index is 0. The SMILES string of the molecule is I.O=C1CCCN1CCCN=C(NCCc1ccco1)Nc1ccc2c(c1)OCCCO2. The van der Waals surface area contributed by atoms with Gasteiger partial charge in [0.2, 0.25) is 5.91 Å². The minimum absolute atomic E-state index is 0. The number of hydrogen-bond acceptors (Lipinski definition) is 5. The van der Waals surface area contributed by atoms with Crippen molar-refractivity contribution in [2.75, 3.05) is 44.7 Å². The van der Waals surface area contributed by atoms with Crippen LogP contribution in [-0.4, -0.2) is 56.2 Å². The molecule has 32 heavy (non-hydrogen) atoms. The van der Waals surface area contributed by atoms with Gasteiger partial charge in [-0.05, 0) is 37.1 Å². The number of anilines is 1. The van der Waals surface area contributed by atoms with E-state index < -0.39 is 0 Å². The lowest BCUT2D eigenvalue weighted by molar-refractivity contribution is -0.127. The van der Waals surface area contributed by atoms with E-state index in [1.165, 1.54) is 0 Å². The predicted molar refractivity (Wildman–Crippen MR) is 134 cm³/mol. The van der Waals surface area contributed by atoms with E-state index in [2.05, 4.69) is 10.6 Å². The molecule has 2 aromatic rings. The Hall–Kier alpha value is -2.43. The van der Waals surface area contributed by atoms with Gasteiger partial charge >= 0.3 is 0 Å². The summed E-state index contributed by atoms with van der Waals surface area (Å²) in [5.41, 5.74) is 0.878. The minimum Gasteiger partial charge on any atom is -0.490 e. The maximum absolute atomic E-state index is 11.8. The number of benzene rings is 1. The molecule has 2 N–H and O–H groups in total. The normalized spacial score (nSPS) is 15.8. The third-order valence-electron chi connectivity index (χ3n) is 5.28. The number of ether oxygens (including phenoxy) is 2. The number of rotatable bonds is 8. The standard InChI is InChI=1S/C23H30N4O4.HI/c28-22-6-1-12-27(22)13-3-10-24-23(25-11-9-19-5-2-14-29-19)26-18-7-8-20-21(17-18)31-16-4-15-30-20;/h2,5,7-8,14,17H,1,3-4,6,9-13,15-16H2,(H2,24,25,26);1H. The third-order valence-corrected chi connectivity index (χ3v) is 5.28. The first-order valence-electron chi connectivity index (χ1n) is 11.0. The number of aliphatic imine (C=N–C) groups is 1. The van der Waals surface area contributed by atoms with Crippen LogP contribution in [-0.2, 0) is 11.2 Å². The lowest BCUT2D eigenvalue weighted by atomic mass is 10.2. The summed E-state index contributed by atoms with van der Waals surface area (Å²) in [6, 6.07) is 9.67. The second-order valence-electron chi connectivity index (χ2n) is 7.66. The molecule has 8 nitrogen and oxygen atoms in total. The van der Waals surface area contributed by atoms with E-state index >= 15 is 0 Å². The second-order valence-corrected chi connectivity index (χ2v) is 7.66. The number of carbonyl (C=O) groups is 1. The average Bonchev–Trinajstić information content (AvgIpc) is 3.37. The Morgan fingerprint density at radius 1 is 1.12 bits per heavy atom. The zero-order chi connectivity index (χ0) is 21.3. The van der Waals surface area contributed by atoms with Crippen molar-refractivity contribution in [2.24, 2.45) is 4.99 Å². The number of hydrogen-bond donors (Lipinski definition) is 2. The number of halogens is 1. The van der Waals surface area contributed by atoms with Crippen molar-refractivity contribution < 1.29 is 18.7 Å². The lowest BCUT2D eigenvalue weighted by Crippen LogP contribution is -2.33. The Bertz CT molecular complexity index is 888. The topological polar surface area (TPSA) is 88.3 Å². The van der Waals surface area contributed by atoms with Crippen LogP contribution in [0.1, 0.15) is 31.4 Å². The summed E-state index contributed by atoms with van der Waals surface area (Å²) in [7, 11) is 0. The first-order valence-corrected chi connectivity index (χ1v) is 11.0. The number of carbonyl (C=O) groups excluding carboxylic acids is 1. The number of amides is 1. The Balaban J connectivity index is 0.00000289. The van der Waals surface area contributed by atoms with Crippen LogP contribution >= 0.6 is 24.0 Å². The molecular weight excluding hydrogens is 523 g/mol. The largest absolute Gasteiger partial charge is 0.490 e. The number of furan rings is 1. The molecule has 4 rings (SSSR count). The van der Waals surface area contributed by atoms with Crippen molar-refractivity contribution in [3.8, 4) is 11.5 Å². The summed E-state index contributed by atoms with van der Waals surface area (Å²) < 4.78 is 16.9. The van der Waals surface area contributed by atoms with Crippen molar-refractivity contribution in [1.82, 2.24) is 10.2 Å². The molecule has 0 radical (unpaired) electrons. The summed E-state index contributed by atoms with van der Waals surface area (Å²) in [6.45, 7) is 4.26. The van der Waals surface area contributed by atoms with Crippen LogP contribution in [0.5, 0.6) is 11.5 Å². The number of nitrogens with one attached hydrogen (secondary N) is 2. The number of likely N-dealkylation sites (tertiary alicyclic amines) is 1. The maximum atomic E-state index is 11.8. The summed E-state index contributed by atoms with van der Waals surface area (Å²) >= 11 is 0. The van der Waals surface area contributed by atoms with Crippen LogP contribution in [0.3, 0.4) is 0 Å². The zero-order valence-electron chi connectivity index (χ0n) is 18.2. The van der Waals surface area contributed by atoms with E-state index in [0.717, 1.165) is 61.7 Å². The van der Waals surface area contributed by atoms with Gasteiger partial charge in [-0.3, -0.25) is 9.79 Å². The molecule has 1 amide bonds. The van der Waals surface area contributed by atoms with Gasteiger partial charge in [0.1, 0.15) is 5.76 Å². The van der Waals surface area contributed by atoms with Crippen molar-refractivity contribution in [2.45, 2.75) is 32.1 Å². The van der Waals surface area contributed by atoms with E-state index in [1.807, 2.05) is 35.2 Å². The molecule has 0 saturated carbocycles. The van der Waals surface area contributed by atoms with Crippen LogP contribution in [0.2, 0.25) is 0 Å². The summed E-state index contributed by atoms with van der Waals surface area (Å²) in [6.07, 6.45) is 5.79. The van der Waals surface area contributed by atoms with Crippen LogP contribution < -0.4 is 20.1 Å². The first-order chi connectivity index (χ1) is 15.3. The fourth-order valence-electron chi connectivity index (χ4n) is 3.67. The predicted octanol–water partition coefficient (Wildman–Crippen LogP) is 3.67. The summed E-state index contributed by atoms with van der Waals surface area (Å²) in [4.78, 5) is 18.4. The molecule has 1 fully saturated rings. The van der Waals surface area contributed by atoms with Gasteiger partial charge in [-0.25, -0.2) is 0 Å². The number of guanidine groups is 1. The molecule has 9 heteroatoms. The van der Waals surface area contributed by atoms with Gasteiger partial charge in [-0.2, -0.15) is 0 Å². The van der Waals surface area contributed by atoms with E-state index in [-0.39, 0.29) is 29.9 Å². The fourth-order valence-corrected chi connectivity index (χ4v) is 3.67. The molecule has 1 saturated heterocycles. The van der Waals surface area contributed by atoms with E-state index in [9.17, 15) is 4.79 Å². The zero-order valence-corrected chi connectivity index (χ0v) is 20.5. The highest BCUT2D eigenvalue weighted by Crippen LogP contribution is 2.32. The second kappa shape index (κ2) is 12.6. The molecule has 0 unspecified atom stereocenters. The summed E-state index contributed by atoms with van der Waals surface area (Å²) in [5.74, 6) is 3.38. The van der Waals surface area contributed by atoms with Crippen molar-refractivity contribution in [3.05, 3.63) is 42.4 Å². The molecule has 0 aliphatic carbocycles. The molecule has 1 aromatic carbocycles. The van der Waals surface area contributed by atoms with Gasteiger partial charge in [0.05, 0.1) is 19.5 Å². The highest BCUT2D eigenvalue weighted by atomic mass is 127. The Kier molecular flexibility index (Phi) is 9.51. The number of nitrogens with zero attached hydrogens (tertiary/aromatic N) is 2. The van der Waals surface area contributed by atoms with Gasteiger partial charge in [0, 0.05) is 57.2 Å². The molecule has 2 aliphatic heterocycles. The monoisotopic (exact) mass is 554 g/mol. The van der Waals surface area contributed by atoms with Crippen molar-refractivity contribution in [3.63, 3.8) is 0 Å². The van der Waals surface area contributed by atoms with Crippen LogP contribution in [0.25, 0.3) is 0 Å². The quantitative estimate of drug-likeness (QED) is 0.224. The van der Waals surface area contributed by atoms with Gasteiger partial charge < -0.3 is 29.4 Å². The highest BCUT2D eigenvalue weighted by molar-refractivity contribution is 14.0. The van der Waals surface area contributed by atoms with Gasteiger partial charge in [-0.1, -0.05) is 0 Å². The molecule has 0 bridgehead atoms. The Morgan fingerprint density at radius 2 is 2.00 bits per heavy atom. The molecule has 0 spiro atoms. The van der Waals surface area contributed by atoms with Gasteiger partial charge in [0.15, 0.2) is 17.5 Å². The summed E-state index contributed by atoms with van der Waals surface area (Å²) in [5, 5.41) is 6.72.